The number of ether oxygens (including phenoxy) is 4. The average molecular weight is 988 g/mol. The summed E-state index contributed by atoms with van der Waals surface area (Å²) in [6, 6.07) is 11.4. The molecule has 2 saturated carbocycles. The number of hydrogen-bond donors (Lipinski definition) is 7. The van der Waals surface area contributed by atoms with Crippen LogP contribution < -0.4 is 25.3 Å². The Morgan fingerprint density at radius 1 is 0.889 bits per heavy atom. The van der Waals surface area contributed by atoms with E-state index in [0.717, 1.165) is 91.2 Å². The Morgan fingerprint density at radius 2 is 1.69 bits per heavy atom. The number of aliphatic hydroxyl groups is 3. The predicted molar refractivity (Wildman–Crippen MR) is 281 cm³/mol. The van der Waals surface area contributed by atoms with Gasteiger partial charge < -0.3 is 55.5 Å². The summed E-state index contributed by atoms with van der Waals surface area (Å²) in [5.41, 5.74) is 13.4. The first-order valence-corrected chi connectivity index (χ1v) is 27.4. The van der Waals surface area contributed by atoms with Crippen molar-refractivity contribution < 1.29 is 44.5 Å². The van der Waals surface area contributed by atoms with E-state index in [2.05, 4.69) is 56.5 Å². The number of nitrogens with zero attached hydrogens (tertiary/aromatic N) is 1. The van der Waals surface area contributed by atoms with Crippen LogP contribution in [0.4, 0.5) is 0 Å². The zero-order chi connectivity index (χ0) is 50.4. The van der Waals surface area contributed by atoms with Crippen LogP contribution in [0.2, 0.25) is 0 Å². The van der Waals surface area contributed by atoms with Crippen molar-refractivity contribution in [3.8, 4) is 39.9 Å². The number of phenols is 2. The molecule has 390 valence electrons. The molecule has 5 heterocycles. The fourth-order valence-electron chi connectivity index (χ4n) is 15.1. The summed E-state index contributed by atoms with van der Waals surface area (Å²) in [5, 5.41) is 61.9. The van der Waals surface area contributed by atoms with Crippen LogP contribution in [-0.2, 0) is 24.0 Å². The number of guanidine groups is 1. The van der Waals surface area contributed by atoms with Gasteiger partial charge in [0.1, 0.15) is 29.5 Å². The molecule has 0 aromatic heterocycles. The standard InChI is InChI=1S/C60H81N3O9/c1-6-34-21-37-12-11-36(34)22-44(65)29-60(18-7-8-43(60)17-19-69-4)32-63-59(61)62-30-39-13-9-35-10-14-40(31-64)54(39)58(35)72-52-26-38(15-16-48(52)66)57-50(68)27-47-51(71-57)28-53(70-5)56-46-24-42(20-33(2)3)49(67)25-41(46)23-45(37)55(47)56/h9,11-13,15-16,24-26,28,33-37,39-40,43-45,50,54,57-58,64-68H,6-8,10,14,17-23,27,29-32H2,1-5H3,(H3,61,62,63). The first kappa shape index (κ1) is 50.8. The number of methoxy groups -OCH3 is 2. The van der Waals surface area contributed by atoms with Gasteiger partial charge in [-0.3, -0.25) is 4.99 Å². The van der Waals surface area contributed by atoms with Crippen LogP contribution in [-0.4, -0.2) is 90.3 Å². The molecule has 5 aliphatic heterocycles. The van der Waals surface area contributed by atoms with Crippen LogP contribution in [0.25, 0.3) is 11.1 Å². The number of rotatable bonds is 8. The van der Waals surface area contributed by atoms with Crippen molar-refractivity contribution in [2.45, 2.75) is 135 Å². The first-order valence-electron chi connectivity index (χ1n) is 27.4. The summed E-state index contributed by atoms with van der Waals surface area (Å²) in [4.78, 5) is 5.07. The molecule has 13 rings (SSSR count). The number of fused-ring (bicyclic) bond motifs is 2. The number of aliphatic hydroxyl groups excluding tert-OH is 3. The highest BCUT2D eigenvalue weighted by Crippen LogP contribution is 2.57. The molecule has 14 unspecified atom stereocenters. The van der Waals surface area contributed by atoms with E-state index in [4.69, 9.17) is 29.7 Å². The number of phenolic OH excluding ortho intramolecular Hbond substituents is 2. The highest BCUT2D eigenvalue weighted by molar-refractivity contribution is 5.84. The van der Waals surface area contributed by atoms with Gasteiger partial charge in [0.25, 0.3) is 0 Å². The molecule has 8 N–H and O–H groups in total. The lowest BCUT2D eigenvalue weighted by Gasteiger charge is -2.47. The topological polar surface area (TPSA) is 188 Å². The number of allylic oxidation sites excluding steroid dienone is 2. The maximum atomic E-state index is 12.4. The predicted octanol–water partition coefficient (Wildman–Crippen LogP) is 9.32. The molecule has 3 aromatic rings. The second-order valence-electron chi connectivity index (χ2n) is 23.3. The number of hydrogen-bond acceptors (Lipinski definition) is 12. The largest absolute Gasteiger partial charge is 0.508 e. The molecule has 0 saturated heterocycles. The maximum Gasteiger partial charge on any atom is 0.188 e. The van der Waals surface area contributed by atoms with Gasteiger partial charge in [-0.15, -0.1) is 0 Å². The van der Waals surface area contributed by atoms with Crippen LogP contribution in [0.1, 0.15) is 125 Å². The summed E-state index contributed by atoms with van der Waals surface area (Å²) in [6.45, 7) is 8.31. The van der Waals surface area contributed by atoms with Gasteiger partial charge in [0.2, 0.25) is 0 Å². The van der Waals surface area contributed by atoms with Gasteiger partial charge in [-0.05, 0) is 163 Å². The van der Waals surface area contributed by atoms with E-state index >= 15 is 0 Å². The smallest absolute Gasteiger partial charge is 0.188 e. The van der Waals surface area contributed by atoms with Crippen LogP contribution in [0.5, 0.6) is 28.7 Å². The second-order valence-corrected chi connectivity index (χ2v) is 23.3. The zero-order valence-corrected chi connectivity index (χ0v) is 43.3. The molecule has 14 atom stereocenters. The molecule has 1 spiro atoms. The Labute approximate surface area is 427 Å². The summed E-state index contributed by atoms with van der Waals surface area (Å²) < 4.78 is 25.9. The maximum absolute atomic E-state index is 12.4. The fourth-order valence-corrected chi connectivity index (χ4v) is 15.1. The van der Waals surface area contributed by atoms with Gasteiger partial charge in [-0.2, -0.15) is 0 Å². The van der Waals surface area contributed by atoms with Gasteiger partial charge in [0.15, 0.2) is 17.5 Å². The lowest BCUT2D eigenvalue weighted by atomic mass is 9.63. The fraction of sp³-hybridized carbons (Fsp3) is 0.617. The number of nitrogens with one attached hydrogen (secondary N) is 1. The van der Waals surface area contributed by atoms with Crippen molar-refractivity contribution in [1.82, 2.24) is 5.32 Å². The lowest BCUT2D eigenvalue weighted by molar-refractivity contribution is -0.0269. The van der Waals surface area contributed by atoms with Crippen molar-refractivity contribution in [2.24, 2.45) is 69.4 Å². The van der Waals surface area contributed by atoms with Crippen molar-refractivity contribution in [2.75, 3.05) is 40.5 Å². The van der Waals surface area contributed by atoms with Crippen LogP contribution in [0.3, 0.4) is 0 Å². The zero-order valence-electron chi connectivity index (χ0n) is 43.3. The number of aromatic hydroxyl groups is 2. The third kappa shape index (κ3) is 9.75. The molecule has 0 radical (unpaired) electrons. The first-order chi connectivity index (χ1) is 34.8. The van der Waals surface area contributed by atoms with E-state index in [1.807, 2.05) is 18.2 Å². The van der Waals surface area contributed by atoms with Crippen LogP contribution >= 0.6 is 0 Å². The molecule has 12 nitrogen and oxygen atoms in total. The number of benzene rings is 3. The molecular formula is C60H81N3O9. The van der Waals surface area contributed by atoms with Crippen molar-refractivity contribution in [1.29, 1.82) is 0 Å². The average Bonchev–Trinajstić information content (AvgIpc) is 3.76. The highest BCUT2D eigenvalue weighted by atomic mass is 16.5. The molecule has 72 heavy (non-hydrogen) atoms. The Hall–Kier alpha value is -4.75. The number of aliphatic imine (C=N–C) groups is 1. The molecule has 5 aliphatic carbocycles. The number of nitrogens with two attached hydrogens (primary N) is 1. The third-order valence-corrected chi connectivity index (χ3v) is 18.6. The van der Waals surface area contributed by atoms with E-state index in [0.29, 0.717) is 97.7 Å². The minimum Gasteiger partial charge on any atom is -0.508 e. The second kappa shape index (κ2) is 21.2. The van der Waals surface area contributed by atoms with E-state index in [9.17, 15) is 25.5 Å². The van der Waals surface area contributed by atoms with Gasteiger partial charge in [-0.25, -0.2) is 0 Å². The van der Waals surface area contributed by atoms with Gasteiger partial charge in [0.05, 0.1) is 19.3 Å². The third-order valence-electron chi connectivity index (χ3n) is 18.6. The SMILES string of the molecule is CCC1CC2C=CC1CC(O)CC1(CCCC1CCOC)CN=C(N)NCC1C=CC3CCC(CO)C1C3Oc1cc(ccc1O)C1Oc3cc(OC)c4c(c3CC1O)C2Cc1cc(O)c(CC(C)C)cc1-4. The van der Waals surface area contributed by atoms with E-state index < -0.39 is 18.3 Å². The molecule has 0 amide bonds. The van der Waals surface area contributed by atoms with Gasteiger partial charge >= 0.3 is 0 Å². The van der Waals surface area contributed by atoms with Crippen molar-refractivity contribution in [3.05, 3.63) is 88.5 Å². The minimum atomic E-state index is -0.920. The summed E-state index contributed by atoms with van der Waals surface area (Å²) in [5.74, 6) is 3.68. The van der Waals surface area contributed by atoms with Gasteiger partial charge in [0, 0.05) is 74.8 Å². The summed E-state index contributed by atoms with van der Waals surface area (Å²) in [6.07, 6.45) is 17.4. The van der Waals surface area contributed by atoms with E-state index in [-0.39, 0.29) is 65.3 Å². The van der Waals surface area contributed by atoms with Gasteiger partial charge in [-0.1, -0.05) is 64.0 Å². The van der Waals surface area contributed by atoms with Crippen molar-refractivity contribution in [3.63, 3.8) is 0 Å². The van der Waals surface area contributed by atoms with Crippen LogP contribution in [0, 0.1) is 58.7 Å². The molecule has 3 aromatic carbocycles. The minimum absolute atomic E-state index is 0.000114. The molecular weight excluding hydrogens is 907 g/mol. The Kier molecular flexibility index (Phi) is 15.0. The molecule has 2 fully saturated rings. The lowest BCUT2D eigenvalue weighted by Crippen LogP contribution is -2.51. The Balaban J connectivity index is 1.09. The molecule has 12 heteroatoms. The Bertz CT molecular complexity index is 2520. The van der Waals surface area contributed by atoms with E-state index in [1.165, 1.54) is 0 Å². The van der Waals surface area contributed by atoms with Crippen molar-refractivity contribution >= 4 is 5.96 Å². The summed E-state index contributed by atoms with van der Waals surface area (Å²) >= 11 is 0. The molecule has 12 bridgehead atoms. The molecule has 10 aliphatic rings. The normalized spacial score (nSPS) is 34.0. The monoisotopic (exact) mass is 988 g/mol. The van der Waals surface area contributed by atoms with E-state index in [1.54, 1.807) is 26.4 Å². The summed E-state index contributed by atoms with van der Waals surface area (Å²) in [7, 11) is 3.47. The Morgan fingerprint density at radius 3 is 2.47 bits per heavy atom. The van der Waals surface area contributed by atoms with Crippen LogP contribution in [0.15, 0.2) is 65.7 Å². The quantitative estimate of drug-likeness (QED) is 0.107. The highest BCUT2D eigenvalue weighted by Gasteiger charge is 2.48.